The summed E-state index contributed by atoms with van der Waals surface area (Å²) in [4.78, 5) is 0. The molecule has 152 valence electrons. The molecule has 3 aromatic carbocycles. The van der Waals surface area contributed by atoms with Crippen LogP contribution < -0.4 is 0 Å². The summed E-state index contributed by atoms with van der Waals surface area (Å²) in [6, 6.07) is 20.2. The van der Waals surface area contributed by atoms with E-state index in [1.54, 1.807) is 77.5 Å². The highest BCUT2D eigenvalue weighted by atomic mass is 19.1. The number of hydrogen-bond donors (Lipinski definition) is 3. The average Bonchev–Trinajstić information content (AvgIpc) is 3.13. The van der Waals surface area contributed by atoms with E-state index in [0.717, 1.165) is 28.1 Å². The first kappa shape index (κ1) is 19.5. The molecule has 5 nitrogen and oxygen atoms in total. The van der Waals surface area contributed by atoms with Gasteiger partial charge >= 0.3 is 0 Å². The third-order valence-corrected chi connectivity index (χ3v) is 4.92. The van der Waals surface area contributed by atoms with Gasteiger partial charge in [-0.25, -0.2) is 4.68 Å². The van der Waals surface area contributed by atoms with E-state index in [9.17, 15) is 19.7 Å². The van der Waals surface area contributed by atoms with Gasteiger partial charge < -0.3 is 15.3 Å². The Balaban J connectivity index is 1.98. The van der Waals surface area contributed by atoms with Crippen LogP contribution in [-0.4, -0.2) is 31.8 Å². The van der Waals surface area contributed by atoms with Crippen LogP contribution in [0, 0.1) is 0 Å². The first-order valence-electron chi connectivity index (χ1n) is 9.63. The number of aromatic nitrogens is 2. The van der Waals surface area contributed by atoms with Crippen molar-refractivity contribution in [3.05, 3.63) is 78.4 Å². The van der Waals surface area contributed by atoms with E-state index in [1.807, 2.05) is 0 Å². The highest BCUT2D eigenvalue weighted by Gasteiger charge is 2.21. The van der Waals surface area contributed by atoms with Crippen LogP contribution in [0.15, 0.2) is 72.8 Å². The van der Waals surface area contributed by atoms with Crippen molar-refractivity contribution in [2.24, 2.45) is 0 Å². The summed E-state index contributed by atoms with van der Waals surface area (Å²) in [7, 11) is 0. The lowest BCUT2D eigenvalue weighted by molar-refractivity contribution is 0.473. The Morgan fingerprint density at radius 2 is 1.20 bits per heavy atom. The summed E-state index contributed by atoms with van der Waals surface area (Å²) in [6.07, 6.45) is 0.818. The predicted octanol–water partition coefficient (Wildman–Crippen LogP) is 5.23. The monoisotopic (exact) mass is 404 g/mol. The third kappa shape index (κ3) is 3.85. The minimum absolute atomic E-state index is 0.147. The van der Waals surface area contributed by atoms with Crippen LogP contribution >= 0.6 is 0 Å². The van der Waals surface area contributed by atoms with Crippen molar-refractivity contribution in [2.75, 3.05) is 6.67 Å². The van der Waals surface area contributed by atoms with Gasteiger partial charge in [-0.15, -0.1) is 0 Å². The predicted molar refractivity (Wildman–Crippen MR) is 114 cm³/mol. The van der Waals surface area contributed by atoms with Crippen LogP contribution in [0.2, 0.25) is 0 Å². The number of halogens is 1. The van der Waals surface area contributed by atoms with Crippen LogP contribution in [-0.2, 0) is 6.42 Å². The van der Waals surface area contributed by atoms with Gasteiger partial charge in [0.2, 0.25) is 0 Å². The third-order valence-electron chi connectivity index (χ3n) is 4.92. The highest BCUT2D eigenvalue weighted by molar-refractivity contribution is 5.76. The van der Waals surface area contributed by atoms with Crippen LogP contribution in [0.4, 0.5) is 4.39 Å². The maximum absolute atomic E-state index is 13.1. The summed E-state index contributed by atoms with van der Waals surface area (Å²) in [5.74, 6) is 0.452. The molecule has 0 aliphatic carbocycles. The summed E-state index contributed by atoms with van der Waals surface area (Å²) >= 11 is 0. The average molecular weight is 404 g/mol. The van der Waals surface area contributed by atoms with E-state index >= 15 is 0 Å². The van der Waals surface area contributed by atoms with Crippen molar-refractivity contribution >= 4 is 0 Å². The molecule has 0 bridgehead atoms. The van der Waals surface area contributed by atoms with Crippen LogP contribution in [0.25, 0.3) is 28.2 Å². The molecule has 1 aromatic heterocycles. The number of hydrogen-bond acceptors (Lipinski definition) is 4. The summed E-state index contributed by atoms with van der Waals surface area (Å²) in [6.45, 7) is -0.450. The van der Waals surface area contributed by atoms with E-state index in [0.29, 0.717) is 18.5 Å². The van der Waals surface area contributed by atoms with Gasteiger partial charge in [0.05, 0.1) is 23.7 Å². The number of phenolic OH excluding ortho intramolecular Hbond substituents is 3. The smallest absolute Gasteiger partial charge is 0.115 e. The molecule has 30 heavy (non-hydrogen) atoms. The molecule has 0 aliphatic rings. The highest BCUT2D eigenvalue weighted by Crippen LogP contribution is 2.36. The van der Waals surface area contributed by atoms with Crippen LogP contribution in [0.3, 0.4) is 0 Å². The Bertz CT molecular complexity index is 1140. The molecule has 3 N–H and O–H groups in total. The van der Waals surface area contributed by atoms with Gasteiger partial charge in [-0.1, -0.05) is 0 Å². The Morgan fingerprint density at radius 1 is 0.700 bits per heavy atom. The largest absolute Gasteiger partial charge is 0.508 e. The molecule has 0 spiro atoms. The van der Waals surface area contributed by atoms with Crippen molar-refractivity contribution in [1.29, 1.82) is 0 Å². The van der Waals surface area contributed by atoms with Gasteiger partial charge in [-0.2, -0.15) is 5.10 Å². The van der Waals surface area contributed by atoms with Crippen LogP contribution in [0.1, 0.15) is 12.0 Å². The molecule has 0 unspecified atom stereocenters. The lowest BCUT2D eigenvalue weighted by Gasteiger charge is -2.11. The molecule has 6 heteroatoms. The molecular formula is C24H21FN2O3. The van der Waals surface area contributed by atoms with Gasteiger partial charge in [-0.05, 0) is 85.6 Å². The minimum atomic E-state index is -0.450. The maximum Gasteiger partial charge on any atom is 0.115 e. The fourth-order valence-corrected chi connectivity index (χ4v) is 3.48. The summed E-state index contributed by atoms with van der Waals surface area (Å²) in [5, 5.41) is 33.9. The van der Waals surface area contributed by atoms with Gasteiger partial charge in [0, 0.05) is 16.7 Å². The minimum Gasteiger partial charge on any atom is -0.508 e. The SMILES string of the molecule is Oc1ccc(-c2nn(-c3ccc(O)cc3)c(-c3ccc(O)cc3)c2CCCF)cc1. The second-order valence-corrected chi connectivity index (χ2v) is 6.99. The number of rotatable bonds is 6. The molecule has 0 fully saturated rings. The van der Waals surface area contributed by atoms with Crippen molar-refractivity contribution in [1.82, 2.24) is 9.78 Å². The van der Waals surface area contributed by atoms with Gasteiger partial charge in [0.15, 0.2) is 0 Å². The molecule has 0 saturated carbocycles. The van der Waals surface area contributed by atoms with Gasteiger partial charge in [-0.3, -0.25) is 4.39 Å². The molecule has 4 rings (SSSR count). The van der Waals surface area contributed by atoms with E-state index in [4.69, 9.17) is 5.10 Å². The van der Waals surface area contributed by atoms with E-state index in [1.165, 1.54) is 0 Å². The van der Waals surface area contributed by atoms with E-state index < -0.39 is 6.67 Å². The number of phenols is 3. The number of nitrogens with zero attached hydrogens (tertiary/aromatic N) is 2. The first-order valence-corrected chi connectivity index (χ1v) is 9.63. The van der Waals surface area contributed by atoms with Crippen molar-refractivity contribution in [3.8, 4) is 45.5 Å². The molecule has 0 atom stereocenters. The van der Waals surface area contributed by atoms with Crippen molar-refractivity contribution in [2.45, 2.75) is 12.8 Å². The molecule has 1 heterocycles. The van der Waals surface area contributed by atoms with Crippen molar-refractivity contribution in [3.63, 3.8) is 0 Å². The van der Waals surface area contributed by atoms with Gasteiger partial charge in [0.25, 0.3) is 0 Å². The molecule has 0 saturated heterocycles. The lowest BCUT2D eigenvalue weighted by Crippen LogP contribution is -2.00. The number of benzene rings is 3. The van der Waals surface area contributed by atoms with E-state index in [-0.39, 0.29) is 17.2 Å². The van der Waals surface area contributed by atoms with Gasteiger partial charge in [0.1, 0.15) is 17.2 Å². The zero-order valence-corrected chi connectivity index (χ0v) is 16.2. The quantitative estimate of drug-likeness (QED) is 0.411. The molecular weight excluding hydrogens is 383 g/mol. The maximum atomic E-state index is 13.1. The Kier molecular flexibility index (Phi) is 5.39. The molecule has 4 aromatic rings. The summed E-state index contributed by atoms with van der Waals surface area (Å²) in [5.41, 5.74) is 4.72. The topological polar surface area (TPSA) is 78.5 Å². The fourth-order valence-electron chi connectivity index (χ4n) is 3.48. The molecule has 0 aliphatic heterocycles. The first-order chi connectivity index (χ1) is 14.6. The Morgan fingerprint density at radius 3 is 1.73 bits per heavy atom. The molecule has 0 radical (unpaired) electrons. The zero-order chi connectivity index (χ0) is 21.1. The van der Waals surface area contributed by atoms with E-state index in [2.05, 4.69) is 0 Å². The zero-order valence-electron chi connectivity index (χ0n) is 16.2. The molecule has 0 amide bonds. The fraction of sp³-hybridized carbons (Fsp3) is 0.125. The summed E-state index contributed by atoms with van der Waals surface area (Å²) < 4.78 is 14.9. The number of aromatic hydroxyl groups is 3. The Labute approximate surface area is 173 Å². The van der Waals surface area contributed by atoms with Crippen LogP contribution in [0.5, 0.6) is 17.2 Å². The second-order valence-electron chi connectivity index (χ2n) is 6.99. The Hall–Kier alpha value is -3.80. The number of alkyl halides is 1. The normalized spacial score (nSPS) is 11.0. The second kappa shape index (κ2) is 8.29. The lowest BCUT2D eigenvalue weighted by atomic mass is 9.98. The van der Waals surface area contributed by atoms with Crippen molar-refractivity contribution < 1.29 is 19.7 Å². The standard InChI is InChI=1S/C24H21FN2O3/c25-15-1-2-22-23(16-3-9-19(28)10-4-16)26-27(18-7-13-21(30)14-8-18)24(22)17-5-11-20(29)12-6-17/h3-14,28-30H,1-2,15H2.